The van der Waals surface area contributed by atoms with Crippen LogP contribution in [-0.2, 0) is 0 Å². The quantitative estimate of drug-likeness (QED) is 0.155. The highest BCUT2D eigenvalue weighted by molar-refractivity contribution is 7.07. The van der Waals surface area contributed by atoms with Crippen LogP contribution in [0.3, 0.4) is 0 Å². The largest absolute Gasteiger partial charge is 0.473 e. The SMILES string of the molecule is C1=CCC=C1.C1=CCN=C1.c1ccccc1.c1ccncc1.c1ccnnc1.c1ccoc1.c1ccsc1.c1cnccn1.c1cncnc1. The highest BCUT2D eigenvalue weighted by atomic mass is 32.1. The number of hydrogen-bond donors (Lipinski definition) is 0. The molecule has 50 heavy (non-hydrogen) atoms. The van der Waals surface area contributed by atoms with Gasteiger partial charge in [-0.3, -0.25) is 19.9 Å². The molecule has 9 nitrogen and oxygen atoms in total. The second-order valence-electron chi connectivity index (χ2n) is 8.51. The van der Waals surface area contributed by atoms with E-state index in [-0.39, 0.29) is 0 Å². The number of nitrogens with zero attached hydrogens (tertiary/aromatic N) is 8. The molecule has 0 radical (unpaired) electrons. The molecule has 0 atom stereocenters. The summed E-state index contributed by atoms with van der Waals surface area (Å²) in [4.78, 5) is 22.4. The van der Waals surface area contributed by atoms with Crippen LogP contribution in [0.4, 0.5) is 0 Å². The molecule has 0 unspecified atom stereocenters. The first kappa shape index (κ1) is 41.5. The zero-order valence-corrected chi connectivity index (χ0v) is 28.6. The number of benzene rings is 1. The summed E-state index contributed by atoms with van der Waals surface area (Å²) in [5.41, 5.74) is 0. The smallest absolute Gasteiger partial charge is 0.115 e. The van der Waals surface area contributed by atoms with E-state index in [1.165, 1.54) is 6.33 Å². The van der Waals surface area contributed by atoms with E-state index >= 15 is 0 Å². The Morgan fingerprint density at radius 3 is 1.06 bits per heavy atom. The van der Waals surface area contributed by atoms with Crippen molar-refractivity contribution in [3.8, 4) is 0 Å². The Morgan fingerprint density at radius 2 is 0.880 bits per heavy atom. The van der Waals surface area contributed by atoms with Crippen molar-refractivity contribution < 1.29 is 4.42 Å². The fourth-order valence-electron chi connectivity index (χ4n) is 2.61. The number of aliphatic imine (C=N–C) groups is 1. The topological polar surface area (TPSA) is 116 Å². The number of thiophene rings is 1. The molecule has 0 saturated carbocycles. The summed E-state index contributed by atoms with van der Waals surface area (Å²) in [7, 11) is 0. The molecule has 0 saturated heterocycles. The number of aromatic nitrogens is 7. The average molecular weight is 683 g/mol. The third kappa shape index (κ3) is 36.0. The lowest BCUT2D eigenvalue weighted by atomic mass is 10.4. The van der Waals surface area contributed by atoms with E-state index in [0.29, 0.717) is 0 Å². The molecule has 0 fully saturated rings. The van der Waals surface area contributed by atoms with Crippen molar-refractivity contribution in [2.45, 2.75) is 6.42 Å². The predicted molar refractivity (Wildman–Crippen MR) is 205 cm³/mol. The van der Waals surface area contributed by atoms with Gasteiger partial charge in [0.05, 0.1) is 19.1 Å². The van der Waals surface area contributed by atoms with Gasteiger partial charge in [-0.2, -0.15) is 21.5 Å². The number of furan rings is 1. The first-order chi connectivity index (χ1) is 25.0. The van der Waals surface area contributed by atoms with Gasteiger partial charge in [-0.15, -0.1) is 0 Å². The van der Waals surface area contributed by atoms with Gasteiger partial charge in [0.15, 0.2) is 0 Å². The van der Waals surface area contributed by atoms with Crippen molar-refractivity contribution in [2.24, 2.45) is 4.99 Å². The van der Waals surface area contributed by atoms with Crippen molar-refractivity contribution in [3.05, 3.63) is 225 Å². The van der Waals surface area contributed by atoms with Crippen LogP contribution in [0.15, 0.2) is 235 Å². The normalized spacial score (nSPS) is 9.92. The van der Waals surface area contributed by atoms with E-state index in [4.69, 9.17) is 0 Å². The maximum absolute atomic E-state index is 4.58. The highest BCUT2D eigenvalue weighted by Crippen LogP contribution is 1.93. The summed E-state index contributed by atoms with van der Waals surface area (Å²) in [6.07, 6.45) is 36.7. The molecule has 0 N–H and O–H groups in total. The Hall–Kier alpha value is -6.52. The van der Waals surface area contributed by atoms with Crippen LogP contribution < -0.4 is 0 Å². The Labute approximate surface area is 299 Å². The van der Waals surface area contributed by atoms with Crippen molar-refractivity contribution >= 4 is 17.6 Å². The number of hydrogen-bond acceptors (Lipinski definition) is 10. The van der Waals surface area contributed by atoms with Gasteiger partial charge in [0, 0.05) is 68.2 Å². The van der Waals surface area contributed by atoms with Crippen LogP contribution in [0, 0.1) is 0 Å². The Bertz CT molecular complexity index is 1200. The van der Waals surface area contributed by atoms with Gasteiger partial charge in [0.1, 0.15) is 6.33 Å². The lowest BCUT2D eigenvalue weighted by Gasteiger charge is -1.70. The molecule has 10 heteroatoms. The Kier molecular flexibility index (Phi) is 32.1. The molecule has 1 aliphatic heterocycles. The van der Waals surface area contributed by atoms with Crippen molar-refractivity contribution in [2.75, 3.05) is 6.54 Å². The number of allylic oxidation sites excluding steroid dienone is 5. The van der Waals surface area contributed by atoms with Crippen LogP contribution in [0.1, 0.15) is 6.42 Å². The van der Waals surface area contributed by atoms with E-state index in [0.717, 1.165) is 13.0 Å². The van der Waals surface area contributed by atoms with Gasteiger partial charge < -0.3 is 4.42 Å². The van der Waals surface area contributed by atoms with Crippen molar-refractivity contribution in [3.63, 3.8) is 0 Å². The fraction of sp³-hybridized carbons (Fsp3) is 0.0500. The molecule has 9 rings (SSSR count). The van der Waals surface area contributed by atoms with E-state index < -0.39 is 0 Å². The molecule has 2 aliphatic rings. The van der Waals surface area contributed by atoms with Crippen LogP contribution in [0.5, 0.6) is 0 Å². The summed E-state index contributed by atoms with van der Waals surface area (Å²) >= 11 is 1.71. The lowest BCUT2D eigenvalue weighted by Crippen LogP contribution is -1.69. The first-order valence-electron chi connectivity index (χ1n) is 15.4. The van der Waals surface area contributed by atoms with Crippen LogP contribution >= 0.6 is 11.3 Å². The van der Waals surface area contributed by atoms with Gasteiger partial charge in [-0.25, -0.2) is 9.97 Å². The van der Waals surface area contributed by atoms with Gasteiger partial charge in [-0.05, 0) is 65.7 Å². The monoisotopic (exact) mass is 682 g/mol. The van der Waals surface area contributed by atoms with Crippen molar-refractivity contribution in [1.29, 1.82) is 0 Å². The van der Waals surface area contributed by atoms with E-state index in [9.17, 15) is 0 Å². The maximum Gasteiger partial charge on any atom is 0.115 e. The lowest BCUT2D eigenvalue weighted by molar-refractivity contribution is 0.567. The second-order valence-corrected chi connectivity index (χ2v) is 9.33. The molecular weight excluding hydrogens is 641 g/mol. The summed E-state index contributed by atoms with van der Waals surface area (Å²) in [5.74, 6) is 0. The predicted octanol–water partition coefficient (Wildman–Crippen LogP) is 9.36. The average Bonchev–Trinajstić information content (AvgIpc) is 4.09. The Morgan fingerprint density at radius 1 is 0.400 bits per heavy atom. The summed E-state index contributed by atoms with van der Waals surface area (Å²) in [6, 6.07) is 30.8. The third-order valence-corrected chi connectivity index (χ3v) is 5.34. The maximum atomic E-state index is 4.58. The molecule has 1 aliphatic carbocycles. The van der Waals surface area contributed by atoms with Crippen LogP contribution in [0.2, 0.25) is 0 Å². The van der Waals surface area contributed by atoms with E-state index in [2.05, 4.69) is 68.8 Å². The van der Waals surface area contributed by atoms with Gasteiger partial charge in [-0.1, -0.05) is 85.0 Å². The van der Waals surface area contributed by atoms with E-state index in [1.54, 1.807) is 98.1 Å². The van der Waals surface area contributed by atoms with Gasteiger partial charge in [0.25, 0.3) is 0 Å². The summed E-state index contributed by atoms with van der Waals surface area (Å²) in [6.45, 7) is 0.889. The second kappa shape index (κ2) is 38.7. The van der Waals surface area contributed by atoms with Gasteiger partial charge in [0.2, 0.25) is 0 Å². The minimum Gasteiger partial charge on any atom is -0.473 e. The van der Waals surface area contributed by atoms with E-state index in [1.807, 2.05) is 114 Å². The fourth-order valence-corrected chi connectivity index (χ4v) is 3.06. The van der Waals surface area contributed by atoms with Gasteiger partial charge >= 0.3 is 0 Å². The molecule has 6 aromatic heterocycles. The highest BCUT2D eigenvalue weighted by Gasteiger charge is 1.73. The molecule has 254 valence electrons. The third-order valence-electron chi connectivity index (χ3n) is 4.72. The zero-order chi connectivity index (χ0) is 35.4. The molecule has 0 bridgehead atoms. The molecule has 0 amide bonds. The molecule has 7 heterocycles. The number of rotatable bonds is 0. The Balaban J connectivity index is 0.000000282. The molecule has 0 spiro atoms. The molecular formula is C40H42N8OS. The zero-order valence-electron chi connectivity index (χ0n) is 27.7. The number of pyridine rings is 1. The standard InChI is InChI=1S/C6H6.C5H5N.C5H6.3C4H4N2.C4H5N.C4H4O.C4H4S/c2*1-2-4-6-5-3-1;1-2-4-5-3-1;1-2-6-4-3-5-1;1-2-5-4-6-3-1;1-2-4-6-5-3-1;3*1-2-4-5-3-1/h1-6H;1-5H;1-4H,5H2;3*1-4H;1-3H,4H2;2*1-4H. The first-order valence-corrected chi connectivity index (χ1v) is 16.3. The minimum atomic E-state index is 0.889. The minimum absolute atomic E-state index is 0.889. The van der Waals surface area contributed by atoms with Crippen LogP contribution in [0.25, 0.3) is 0 Å². The molecule has 1 aromatic carbocycles. The molecule has 7 aromatic rings. The summed E-state index contributed by atoms with van der Waals surface area (Å²) < 4.78 is 4.58. The van der Waals surface area contributed by atoms with Crippen molar-refractivity contribution in [1.82, 2.24) is 35.1 Å². The summed E-state index contributed by atoms with van der Waals surface area (Å²) in [5, 5.41) is 11.2. The van der Waals surface area contributed by atoms with Crippen LogP contribution in [-0.4, -0.2) is 47.9 Å².